The highest BCUT2D eigenvalue weighted by Gasteiger charge is 2.21. The molecule has 0 bridgehead atoms. The number of carbonyl (C=O) groups excluding carboxylic acids is 1. The van der Waals surface area contributed by atoms with Crippen molar-refractivity contribution in [2.24, 2.45) is 0 Å². The van der Waals surface area contributed by atoms with Crippen LogP contribution in [-0.4, -0.2) is 32.0 Å². The van der Waals surface area contributed by atoms with Gasteiger partial charge in [0.15, 0.2) is 0 Å². The third-order valence-corrected chi connectivity index (χ3v) is 3.98. The molecular formula is C12H18N2O4S. The summed E-state index contributed by atoms with van der Waals surface area (Å²) in [6.07, 6.45) is 0.781. The average Bonchev–Trinajstić information content (AvgIpc) is 2.35. The molecule has 0 aliphatic heterocycles. The van der Waals surface area contributed by atoms with Crippen molar-refractivity contribution in [2.45, 2.75) is 31.2 Å². The molecule has 6 nitrogen and oxygen atoms in total. The quantitative estimate of drug-likeness (QED) is 0.713. The van der Waals surface area contributed by atoms with Gasteiger partial charge in [-0.05, 0) is 37.6 Å². The van der Waals surface area contributed by atoms with Gasteiger partial charge in [-0.3, -0.25) is 4.79 Å². The number of carbonyl (C=O) groups is 1. The van der Waals surface area contributed by atoms with Crippen molar-refractivity contribution in [1.29, 1.82) is 0 Å². The Hall–Kier alpha value is -1.60. The number of phenols is 1. The first-order valence-electron chi connectivity index (χ1n) is 5.96. The molecule has 106 valence electrons. The highest BCUT2D eigenvalue weighted by Crippen LogP contribution is 2.14. The van der Waals surface area contributed by atoms with E-state index in [2.05, 4.69) is 10.0 Å². The van der Waals surface area contributed by atoms with Crippen LogP contribution in [0.15, 0.2) is 29.2 Å². The fraction of sp³-hybridized carbons (Fsp3) is 0.417. The zero-order chi connectivity index (χ0) is 14.5. The molecule has 0 aliphatic rings. The molecule has 0 spiro atoms. The number of benzene rings is 1. The van der Waals surface area contributed by atoms with E-state index in [1.54, 1.807) is 0 Å². The lowest BCUT2D eigenvalue weighted by molar-refractivity contribution is -0.122. The van der Waals surface area contributed by atoms with E-state index in [0.29, 0.717) is 6.54 Å². The van der Waals surface area contributed by atoms with E-state index in [4.69, 9.17) is 5.11 Å². The molecule has 1 aromatic rings. The first-order valence-corrected chi connectivity index (χ1v) is 7.44. The van der Waals surface area contributed by atoms with Gasteiger partial charge in [0.2, 0.25) is 15.9 Å². The molecule has 0 fully saturated rings. The third-order valence-electron chi connectivity index (χ3n) is 2.42. The predicted octanol–water partition coefficient (Wildman–Crippen LogP) is 0.585. The van der Waals surface area contributed by atoms with Gasteiger partial charge >= 0.3 is 0 Å². The van der Waals surface area contributed by atoms with Crippen molar-refractivity contribution in [2.75, 3.05) is 6.54 Å². The molecule has 0 aliphatic carbocycles. The first-order chi connectivity index (χ1) is 8.86. The SMILES string of the molecule is CCCNC(=O)C(C)NS(=O)(=O)c1ccc(O)cc1. The number of hydrogen-bond donors (Lipinski definition) is 3. The maximum absolute atomic E-state index is 12.0. The number of amides is 1. The smallest absolute Gasteiger partial charge is 0.241 e. The number of rotatable bonds is 6. The van der Waals surface area contributed by atoms with Crippen LogP contribution in [0.3, 0.4) is 0 Å². The summed E-state index contributed by atoms with van der Waals surface area (Å²) < 4.78 is 26.2. The fourth-order valence-corrected chi connectivity index (χ4v) is 2.58. The molecule has 0 radical (unpaired) electrons. The topological polar surface area (TPSA) is 95.5 Å². The lowest BCUT2D eigenvalue weighted by Crippen LogP contribution is -2.44. The Morgan fingerprint density at radius 1 is 1.32 bits per heavy atom. The lowest BCUT2D eigenvalue weighted by atomic mass is 10.3. The highest BCUT2D eigenvalue weighted by atomic mass is 32.2. The van der Waals surface area contributed by atoms with E-state index in [-0.39, 0.29) is 16.6 Å². The summed E-state index contributed by atoms with van der Waals surface area (Å²) in [5, 5.41) is 11.7. The molecule has 1 aromatic carbocycles. The van der Waals surface area contributed by atoms with Gasteiger partial charge in [0.1, 0.15) is 5.75 Å². The normalized spacial score (nSPS) is 12.9. The Kier molecular flexibility index (Phi) is 5.31. The molecule has 1 rings (SSSR count). The number of phenolic OH excluding ortho intramolecular Hbond substituents is 1. The van der Waals surface area contributed by atoms with Gasteiger partial charge < -0.3 is 10.4 Å². The number of nitrogens with one attached hydrogen (secondary N) is 2. The second-order valence-electron chi connectivity index (χ2n) is 4.13. The number of aromatic hydroxyl groups is 1. The van der Waals surface area contributed by atoms with Crippen molar-refractivity contribution in [1.82, 2.24) is 10.0 Å². The van der Waals surface area contributed by atoms with Crippen LogP contribution in [0, 0.1) is 0 Å². The Morgan fingerprint density at radius 3 is 2.42 bits per heavy atom. The second kappa shape index (κ2) is 6.53. The van der Waals surface area contributed by atoms with E-state index < -0.39 is 16.1 Å². The molecule has 0 heterocycles. The molecule has 19 heavy (non-hydrogen) atoms. The van der Waals surface area contributed by atoms with Crippen LogP contribution in [0.2, 0.25) is 0 Å². The van der Waals surface area contributed by atoms with Crippen LogP contribution in [0.1, 0.15) is 20.3 Å². The Balaban J connectivity index is 2.74. The summed E-state index contributed by atoms with van der Waals surface area (Å²) in [7, 11) is -3.77. The molecule has 7 heteroatoms. The van der Waals surface area contributed by atoms with Crippen LogP contribution in [0.25, 0.3) is 0 Å². The minimum Gasteiger partial charge on any atom is -0.508 e. The predicted molar refractivity (Wildman–Crippen MR) is 71.2 cm³/mol. The maximum Gasteiger partial charge on any atom is 0.241 e. The third kappa shape index (κ3) is 4.53. The Bertz CT molecular complexity index is 525. The van der Waals surface area contributed by atoms with Crippen LogP contribution >= 0.6 is 0 Å². The van der Waals surface area contributed by atoms with Gasteiger partial charge in [-0.1, -0.05) is 6.92 Å². The molecule has 3 N–H and O–H groups in total. The Morgan fingerprint density at radius 2 is 1.89 bits per heavy atom. The molecule has 1 amide bonds. The van der Waals surface area contributed by atoms with E-state index in [1.807, 2.05) is 6.92 Å². The van der Waals surface area contributed by atoms with Crippen LogP contribution < -0.4 is 10.0 Å². The molecule has 1 atom stereocenters. The van der Waals surface area contributed by atoms with Crippen molar-refractivity contribution in [3.8, 4) is 5.75 Å². The summed E-state index contributed by atoms with van der Waals surface area (Å²) in [4.78, 5) is 11.6. The molecule has 1 unspecified atom stereocenters. The monoisotopic (exact) mass is 286 g/mol. The fourth-order valence-electron chi connectivity index (χ4n) is 1.38. The van der Waals surface area contributed by atoms with Crippen molar-refractivity contribution in [3.05, 3.63) is 24.3 Å². The standard InChI is InChI=1S/C12H18N2O4S/c1-3-8-13-12(16)9(2)14-19(17,18)11-6-4-10(15)5-7-11/h4-7,9,14-15H,3,8H2,1-2H3,(H,13,16). The summed E-state index contributed by atoms with van der Waals surface area (Å²) in [5.74, 6) is -0.392. The highest BCUT2D eigenvalue weighted by molar-refractivity contribution is 7.89. The minimum atomic E-state index is -3.77. The summed E-state index contributed by atoms with van der Waals surface area (Å²) in [6, 6.07) is 4.24. The van der Waals surface area contributed by atoms with Gasteiger partial charge in [-0.2, -0.15) is 4.72 Å². The van der Waals surface area contributed by atoms with Crippen molar-refractivity contribution >= 4 is 15.9 Å². The van der Waals surface area contributed by atoms with Gasteiger partial charge in [-0.15, -0.1) is 0 Å². The number of sulfonamides is 1. The molecular weight excluding hydrogens is 268 g/mol. The average molecular weight is 286 g/mol. The lowest BCUT2D eigenvalue weighted by Gasteiger charge is -2.14. The van der Waals surface area contributed by atoms with Crippen LogP contribution in [0.5, 0.6) is 5.75 Å². The zero-order valence-corrected chi connectivity index (χ0v) is 11.7. The first kappa shape index (κ1) is 15.5. The van der Waals surface area contributed by atoms with E-state index in [9.17, 15) is 13.2 Å². The molecule has 0 saturated carbocycles. The minimum absolute atomic E-state index is 0.000409. The second-order valence-corrected chi connectivity index (χ2v) is 5.84. The van der Waals surface area contributed by atoms with Gasteiger partial charge in [0, 0.05) is 6.54 Å². The van der Waals surface area contributed by atoms with Crippen LogP contribution in [0.4, 0.5) is 0 Å². The van der Waals surface area contributed by atoms with Crippen molar-refractivity contribution in [3.63, 3.8) is 0 Å². The van der Waals surface area contributed by atoms with Gasteiger partial charge in [0.05, 0.1) is 10.9 Å². The van der Waals surface area contributed by atoms with Gasteiger partial charge in [0.25, 0.3) is 0 Å². The van der Waals surface area contributed by atoms with Crippen molar-refractivity contribution < 1.29 is 18.3 Å². The van der Waals surface area contributed by atoms with Gasteiger partial charge in [-0.25, -0.2) is 8.42 Å². The summed E-state index contributed by atoms with van der Waals surface area (Å²) in [5.41, 5.74) is 0. The summed E-state index contributed by atoms with van der Waals surface area (Å²) >= 11 is 0. The molecule has 0 aromatic heterocycles. The largest absolute Gasteiger partial charge is 0.508 e. The van der Waals surface area contributed by atoms with E-state index in [1.165, 1.54) is 31.2 Å². The van der Waals surface area contributed by atoms with E-state index in [0.717, 1.165) is 6.42 Å². The maximum atomic E-state index is 12.0. The van der Waals surface area contributed by atoms with Crippen LogP contribution in [-0.2, 0) is 14.8 Å². The van der Waals surface area contributed by atoms with E-state index >= 15 is 0 Å². The Labute approximate surface area is 112 Å². The molecule has 0 saturated heterocycles. The number of hydrogen-bond acceptors (Lipinski definition) is 4. The zero-order valence-electron chi connectivity index (χ0n) is 10.9. The summed E-state index contributed by atoms with van der Waals surface area (Å²) in [6.45, 7) is 3.89.